The lowest BCUT2D eigenvalue weighted by atomic mass is 10.2. The molecule has 2 aromatic carbocycles. The first-order valence-electron chi connectivity index (χ1n) is 6.07. The highest BCUT2D eigenvalue weighted by Crippen LogP contribution is 2.23. The average molecular weight is 400 g/mol. The Balaban J connectivity index is 2.18. The normalized spacial score (nSPS) is 11.5. The van der Waals surface area contributed by atoms with Crippen molar-refractivity contribution in [2.45, 2.75) is 4.90 Å². The Kier molecular flexibility index (Phi) is 4.96. The number of non-ortho nitro benzene ring substituents is 1. The number of sulfonamides is 1. The van der Waals surface area contributed by atoms with E-state index in [4.69, 9.17) is 0 Å². The van der Waals surface area contributed by atoms with Gasteiger partial charge < -0.3 is 5.11 Å². The first-order valence-corrected chi connectivity index (χ1v) is 8.35. The average Bonchev–Trinajstić information content (AvgIpc) is 2.51. The minimum absolute atomic E-state index is 0.0410. The lowest BCUT2D eigenvalue weighted by molar-refractivity contribution is -0.385. The summed E-state index contributed by atoms with van der Waals surface area (Å²) in [6.07, 6.45) is 1.24. The van der Waals surface area contributed by atoms with Gasteiger partial charge in [0.15, 0.2) is 0 Å². The van der Waals surface area contributed by atoms with Crippen LogP contribution in [0.4, 0.5) is 5.69 Å². The minimum Gasteiger partial charge on any atom is -0.507 e. The predicted molar refractivity (Wildman–Crippen MR) is 86.8 cm³/mol. The van der Waals surface area contributed by atoms with Gasteiger partial charge in [-0.25, -0.2) is 4.83 Å². The lowest BCUT2D eigenvalue weighted by Crippen LogP contribution is -2.18. The molecular weight excluding hydrogens is 390 g/mol. The summed E-state index contributed by atoms with van der Waals surface area (Å²) in [6, 6.07) is 9.12. The molecule has 0 saturated heterocycles. The second-order valence-electron chi connectivity index (χ2n) is 4.32. The van der Waals surface area contributed by atoms with E-state index in [1.807, 2.05) is 4.83 Å². The lowest BCUT2D eigenvalue weighted by Gasteiger charge is -2.03. The van der Waals surface area contributed by atoms with Gasteiger partial charge >= 0.3 is 0 Å². The van der Waals surface area contributed by atoms with Crippen LogP contribution in [0, 0.1) is 10.1 Å². The van der Waals surface area contributed by atoms with Gasteiger partial charge in [0.25, 0.3) is 15.7 Å². The quantitative estimate of drug-likeness (QED) is 0.453. The van der Waals surface area contributed by atoms with E-state index in [2.05, 4.69) is 21.0 Å². The molecule has 0 atom stereocenters. The van der Waals surface area contributed by atoms with Crippen molar-refractivity contribution in [3.05, 3.63) is 62.6 Å². The van der Waals surface area contributed by atoms with E-state index < -0.39 is 14.9 Å². The van der Waals surface area contributed by atoms with Gasteiger partial charge in [-0.1, -0.05) is 6.07 Å². The van der Waals surface area contributed by atoms with E-state index >= 15 is 0 Å². The van der Waals surface area contributed by atoms with Crippen molar-refractivity contribution in [1.29, 1.82) is 0 Å². The minimum atomic E-state index is -4.02. The first-order chi connectivity index (χ1) is 10.8. The van der Waals surface area contributed by atoms with E-state index in [-0.39, 0.29) is 16.3 Å². The molecule has 0 aliphatic heterocycles. The van der Waals surface area contributed by atoms with Crippen molar-refractivity contribution in [3.8, 4) is 5.75 Å². The molecule has 0 bridgehead atoms. The highest BCUT2D eigenvalue weighted by molar-refractivity contribution is 9.10. The van der Waals surface area contributed by atoms with Gasteiger partial charge in [-0.05, 0) is 45.8 Å². The number of hydrogen-bond donors (Lipinski definition) is 2. The molecule has 0 saturated carbocycles. The highest BCUT2D eigenvalue weighted by Gasteiger charge is 2.16. The topological polar surface area (TPSA) is 122 Å². The van der Waals surface area contributed by atoms with Gasteiger partial charge in [-0.15, -0.1) is 0 Å². The van der Waals surface area contributed by atoms with Crippen LogP contribution < -0.4 is 4.83 Å². The van der Waals surface area contributed by atoms with Crippen molar-refractivity contribution < 1.29 is 18.4 Å². The van der Waals surface area contributed by atoms with E-state index in [9.17, 15) is 23.6 Å². The molecular formula is C13H10BrN3O5S. The molecule has 0 spiro atoms. The molecule has 10 heteroatoms. The summed E-state index contributed by atoms with van der Waals surface area (Å²) in [7, 11) is -4.02. The van der Waals surface area contributed by atoms with Gasteiger partial charge in [0.1, 0.15) is 5.75 Å². The molecule has 0 radical (unpaired) electrons. The maximum Gasteiger partial charge on any atom is 0.276 e. The number of nitro benzene ring substituents is 1. The zero-order valence-corrected chi connectivity index (χ0v) is 13.8. The Morgan fingerprint density at radius 3 is 2.65 bits per heavy atom. The van der Waals surface area contributed by atoms with Gasteiger partial charge in [-0.2, -0.15) is 13.5 Å². The zero-order chi connectivity index (χ0) is 17.0. The smallest absolute Gasteiger partial charge is 0.276 e. The van der Waals surface area contributed by atoms with Crippen molar-refractivity contribution in [1.82, 2.24) is 4.83 Å². The number of nitrogens with one attached hydrogen (secondary N) is 1. The summed E-state index contributed by atoms with van der Waals surface area (Å²) in [5.41, 5.74) is 0.204. The zero-order valence-electron chi connectivity index (χ0n) is 11.4. The summed E-state index contributed by atoms with van der Waals surface area (Å²) in [4.78, 5) is 11.7. The van der Waals surface area contributed by atoms with Crippen LogP contribution >= 0.6 is 15.9 Å². The summed E-state index contributed by atoms with van der Waals surface area (Å²) in [5, 5.41) is 23.6. The Morgan fingerprint density at radius 2 is 2.00 bits per heavy atom. The molecule has 0 unspecified atom stereocenters. The fourth-order valence-corrected chi connectivity index (χ4v) is 2.82. The number of rotatable bonds is 5. The van der Waals surface area contributed by atoms with E-state index in [0.29, 0.717) is 10.0 Å². The number of phenols is 1. The molecule has 0 heterocycles. The maximum absolute atomic E-state index is 12.0. The van der Waals surface area contributed by atoms with Crippen LogP contribution in [-0.4, -0.2) is 24.7 Å². The SMILES string of the molecule is O=[N+]([O-])c1cccc(S(=O)(=O)N/N=C/c2ccc(O)c(Br)c2)c1. The molecule has 0 fully saturated rings. The number of nitro groups is 1. The Bertz CT molecular complexity index is 883. The van der Waals surface area contributed by atoms with Crippen LogP contribution in [0.5, 0.6) is 5.75 Å². The van der Waals surface area contributed by atoms with Gasteiger partial charge in [0.2, 0.25) is 0 Å². The van der Waals surface area contributed by atoms with Crippen LogP contribution in [0.25, 0.3) is 0 Å². The van der Waals surface area contributed by atoms with Crippen LogP contribution in [0.15, 0.2) is 56.9 Å². The largest absolute Gasteiger partial charge is 0.507 e. The van der Waals surface area contributed by atoms with E-state index in [1.165, 1.54) is 36.5 Å². The number of halogens is 1. The van der Waals surface area contributed by atoms with Crippen molar-refractivity contribution in [2.24, 2.45) is 5.10 Å². The Labute approximate surface area is 139 Å². The van der Waals surface area contributed by atoms with Crippen LogP contribution in [0.2, 0.25) is 0 Å². The molecule has 0 aliphatic carbocycles. The fraction of sp³-hybridized carbons (Fsp3) is 0. The molecule has 2 rings (SSSR count). The van der Waals surface area contributed by atoms with E-state index in [1.54, 1.807) is 6.07 Å². The third-order valence-corrected chi connectivity index (χ3v) is 4.55. The number of hydrogen-bond acceptors (Lipinski definition) is 6. The molecule has 0 aromatic heterocycles. The monoisotopic (exact) mass is 399 g/mol. The standard InChI is InChI=1S/C13H10BrN3O5S/c14-12-6-9(4-5-13(12)18)8-15-16-23(21,22)11-3-1-2-10(7-11)17(19)20/h1-8,16,18H/b15-8+. The molecule has 8 nitrogen and oxygen atoms in total. The molecule has 23 heavy (non-hydrogen) atoms. The van der Waals surface area contributed by atoms with Gasteiger partial charge in [0.05, 0.1) is 20.5 Å². The molecule has 2 aromatic rings. The fourth-order valence-electron chi connectivity index (χ4n) is 1.59. The summed E-state index contributed by atoms with van der Waals surface area (Å²) >= 11 is 3.12. The van der Waals surface area contributed by atoms with Crippen molar-refractivity contribution in [2.75, 3.05) is 0 Å². The third-order valence-electron chi connectivity index (χ3n) is 2.70. The van der Waals surface area contributed by atoms with Crippen molar-refractivity contribution in [3.63, 3.8) is 0 Å². The summed E-state index contributed by atoms with van der Waals surface area (Å²) in [6.45, 7) is 0. The number of benzene rings is 2. The molecule has 2 N–H and O–H groups in total. The van der Waals surface area contributed by atoms with Crippen LogP contribution in [-0.2, 0) is 10.0 Å². The van der Waals surface area contributed by atoms with E-state index in [0.717, 1.165) is 6.07 Å². The van der Waals surface area contributed by atoms with Gasteiger partial charge in [-0.3, -0.25) is 10.1 Å². The maximum atomic E-state index is 12.0. The van der Waals surface area contributed by atoms with Crippen molar-refractivity contribution >= 4 is 37.9 Å². The summed E-state index contributed by atoms with van der Waals surface area (Å²) in [5.74, 6) is 0.0410. The Hall–Kier alpha value is -2.46. The first kappa shape index (κ1) is 16.9. The number of aromatic hydroxyl groups is 1. The second kappa shape index (κ2) is 6.75. The second-order valence-corrected chi connectivity index (χ2v) is 6.83. The van der Waals surface area contributed by atoms with Crippen LogP contribution in [0.1, 0.15) is 5.56 Å². The molecule has 0 amide bonds. The van der Waals surface area contributed by atoms with Gasteiger partial charge in [0, 0.05) is 12.1 Å². The molecule has 120 valence electrons. The number of phenolic OH excluding ortho intramolecular Hbond substituents is 1. The third kappa shape index (κ3) is 4.27. The number of hydrazone groups is 1. The highest BCUT2D eigenvalue weighted by atomic mass is 79.9. The molecule has 0 aliphatic rings. The predicted octanol–water partition coefficient (Wildman–Crippen LogP) is 2.38. The summed E-state index contributed by atoms with van der Waals surface area (Å²) < 4.78 is 24.5. The number of nitrogens with zero attached hydrogens (tertiary/aromatic N) is 2. The Morgan fingerprint density at radius 1 is 1.26 bits per heavy atom. The van der Waals surface area contributed by atoms with Crippen LogP contribution in [0.3, 0.4) is 0 Å².